The SMILES string of the molecule is Cc1nc([C@@H]2C[C@H](NC(=O)c3ccccc3)CN2CCCc2ccccc2)n[nH]1. The normalized spacial score (nSPS) is 19.3. The van der Waals surface area contributed by atoms with Crippen LogP contribution in [0.2, 0.25) is 0 Å². The van der Waals surface area contributed by atoms with Gasteiger partial charge in [-0.1, -0.05) is 48.5 Å². The minimum absolute atomic E-state index is 0.0216. The number of rotatable bonds is 7. The minimum atomic E-state index is -0.0216. The summed E-state index contributed by atoms with van der Waals surface area (Å²) in [5.74, 6) is 1.62. The molecule has 0 saturated carbocycles. The Labute approximate surface area is 171 Å². The van der Waals surface area contributed by atoms with Crippen molar-refractivity contribution in [3.05, 3.63) is 83.4 Å². The van der Waals surface area contributed by atoms with E-state index in [2.05, 4.69) is 49.7 Å². The van der Waals surface area contributed by atoms with Crippen LogP contribution < -0.4 is 5.32 Å². The average Bonchev–Trinajstić information content (AvgIpc) is 3.35. The molecule has 0 aliphatic carbocycles. The van der Waals surface area contributed by atoms with Crippen molar-refractivity contribution in [3.63, 3.8) is 0 Å². The number of carbonyl (C=O) groups excluding carboxylic acids is 1. The van der Waals surface area contributed by atoms with Crippen LogP contribution in [-0.2, 0) is 6.42 Å². The molecule has 2 atom stereocenters. The first-order chi connectivity index (χ1) is 14.2. The quantitative estimate of drug-likeness (QED) is 0.650. The lowest BCUT2D eigenvalue weighted by Gasteiger charge is -2.21. The van der Waals surface area contributed by atoms with Gasteiger partial charge in [0.05, 0.1) is 6.04 Å². The molecule has 2 N–H and O–H groups in total. The van der Waals surface area contributed by atoms with Gasteiger partial charge < -0.3 is 5.32 Å². The summed E-state index contributed by atoms with van der Waals surface area (Å²) in [5, 5.41) is 10.5. The number of amides is 1. The molecule has 1 aliphatic rings. The number of carbonyl (C=O) groups is 1. The Hall–Kier alpha value is -2.99. The number of aromatic nitrogens is 3. The third kappa shape index (κ3) is 4.90. The molecule has 0 radical (unpaired) electrons. The predicted molar refractivity (Wildman–Crippen MR) is 113 cm³/mol. The van der Waals surface area contributed by atoms with Crippen LogP contribution in [-0.4, -0.2) is 45.1 Å². The Morgan fingerprint density at radius 1 is 1.14 bits per heavy atom. The highest BCUT2D eigenvalue weighted by Gasteiger charge is 2.35. The van der Waals surface area contributed by atoms with Gasteiger partial charge in [-0.3, -0.25) is 14.8 Å². The Balaban J connectivity index is 1.41. The minimum Gasteiger partial charge on any atom is -0.348 e. The van der Waals surface area contributed by atoms with Gasteiger partial charge in [-0.2, -0.15) is 5.10 Å². The summed E-state index contributed by atoms with van der Waals surface area (Å²) in [5.41, 5.74) is 2.05. The van der Waals surface area contributed by atoms with Gasteiger partial charge in [-0.25, -0.2) is 4.98 Å². The highest BCUT2D eigenvalue weighted by molar-refractivity contribution is 5.94. The molecule has 0 bridgehead atoms. The fraction of sp³-hybridized carbons (Fsp3) is 0.348. The van der Waals surface area contributed by atoms with E-state index in [1.54, 1.807) is 0 Å². The molecule has 4 rings (SSSR count). The number of nitrogens with one attached hydrogen (secondary N) is 2. The smallest absolute Gasteiger partial charge is 0.251 e. The second-order valence-electron chi connectivity index (χ2n) is 7.65. The lowest BCUT2D eigenvalue weighted by atomic mass is 10.1. The van der Waals surface area contributed by atoms with Crippen molar-refractivity contribution >= 4 is 5.91 Å². The average molecular weight is 390 g/mol. The summed E-state index contributed by atoms with van der Waals surface area (Å²) >= 11 is 0. The van der Waals surface area contributed by atoms with Crippen LogP contribution in [0.3, 0.4) is 0 Å². The number of nitrogens with zero attached hydrogens (tertiary/aromatic N) is 3. The topological polar surface area (TPSA) is 73.9 Å². The standard InChI is InChI=1S/C23H27N5O/c1-17-24-22(27-26-17)21-15-20(25-23(29)19-12-6-3-7-13-19)16-28(21)14-8-11-18-9-4-2-5-10-18/h2-7,9-10,12-13,20-21H,8,11,14-16H2,1H3,(H,25,29)(H,24,26,27)/t20-,21-/m0/s1. The Bertz CT molecular complexity index is 925. The van der Waals surface area contributed by atoms with Crippen LogP contribution in [0, 0.1) is 6.92 Å². The predicted octanol–water partition coefficient (Wildman–Crippen LogP) is 3.29. The molecule has 2 heterocycles. The van der Waals surface area contributed by atoms with Crippen molar-refractivity contribution in [2.24, 2.45) is 0 Å². The zero-order valence-corrected chi connectivity index (χ0v) is 16.7. The molecule has 0 unspecified atom stereocenters. The molecule has 1 amide bonds. The number of hydrogen-bond donors (Lipinski definition) is 2. The first-order valence-corrected chi connectivity index (χ1v) is 10.2. The molecule has 2 aromatic carbocycles. The molecule has 0 spiro atoms. The van der Waals surface area contributed by atoms with E-state index in [1.165, 1.54) is 5.56 Å². The van der Waals surface area contributed by atoms with Crippen molar-refractivity contribution in [3.8, 4) is 0 Å². The summed E-state index contributed by atoms with van der Waals surface area (Å²) in [6.45, 7) is 3.68. The lowest BCUT2D eigenvalue weighted by molar-refractivity contribution is 0.0937. The highest BCUT2D eigenvalue weighted by Crippen LogP contribution is 2.30. The Morgan fingerprint density at radius 3 is 2.55 bits per heavy atom. The first kappa shape index (κ1) is 19.3. The van der Waals surface area contributed by atoms with E-state index in [1.807, 2.05) is 43.3 Å². The van der Waals surface area contributed by atoms with Crippen molar-refractivity contribution in [2.45, 2.75) is 38.3 Å². The summed E-state index contributed by atoms with van der Waals surface area (Å²) in [6, 6.07) is 20.1. The first-order valence-electron chi connectivity index (χ1n) is 10.2. The fourth-order valence-corrected chi connectivity index (χ4v) is 4.02. The van der Waals surface area contributed by atoms with Gasteiger partial charge >= 0.3 is 0 Å². The van der Waals surface area contributed by atoms with Gasteiger partial charge in [-0.05, 0) is 50.4 Å². The van der Waals surface area contributed by atoms with E-state index < -0.39 is 0 Å². The summed E-state index contributed by atoms with van der Waals surface area (Å²) < 4.78 is 0. The van der Waals surface area contributed by atoms with Crippen LogP contribution >= 0.6 is 0 Å². The Morgan fingerprint density at radius 2 is 1.86 bits per heavy atom. The molecular weight excluding hydrogens is 362 g/mol. The van der Waals surface area contributed by atoms with E-state index in [-0.39, 0.29) is 18.0 Å². The molecule has 29 heavy (non-hydrogen) atoms. The van der Waals surface area contributed by atoms with Gasteiger partial charge in [0.1, 0.15) is 5.82 Å². The molecular formula is C23H27N5O. The van der Waals surface area contributed by atoms with Gasteiger partial charge in [0.25, 0.3) is 5.91 Å². The zero-order chi connectivity index (χ0) is 20.1. The number of hydrogen-bond acceptors (Lipinski definition) is 4. The van der Waals surface area contributed by atoms with Gasteiger partial charge in [0, 0.05) is 18.2 Å². The number of aromatic amines is 1. The molecule has 1 saturated heterocycles. The second-order valence-corrected chi connectivity index (χ2v) is 7.65. The van der Waals surface area contributed by atoms with E-state index in [0.29, 0.717) is 5.56 Å². The zero-order valence-electron chi connectivity index (χ0n) is 16.7. The van der Waals surface area contributed by atoms with E-state index >= 15 is 0 Å². The van der Waals surface area contributed by atoms with Crippen molar-refractivity contribution in [1.82, 2.24) is 25.4 Å². The largest absolute Gasteiger partial charge is 0.348 e. The van der Waals surface area contributed by atoms with Gasteiger partial charge in [0.15, 0.2) is 5.82 Å². The molecule has 6 heteroatoms. The molecule has 1 aliphatic heterocycles. The third-order valence-corrected chi connectivity index (χ3v) is 5.44. The second kappa shape index (κ2) is 9.01. The van der Waals surface area contributed by atoms with Crippen LogP contribution in [0.1, 0.15) is 46.5 Å². The Kier molecular flexibility index (Phi) is 6.00. The molecule has 150 valence electrons. The molecule has 6 nitrogen and oxygen atoms in total. The maximum Gasteiger partial charge on any atom is 0.251 e. The van der Waals surface area contributed by atoms with Crippen LogP contribution in [0.25, 0.3) is 0 Å². The maximum absolute atomic E-state index is 12.6. The number of benzene rings is 2. The van der Waals surface area contributed by atoms with Crippen LogP contribution in [0.4, 0.5) is 0 Å². The van der Waals surface area contributed by atoms with E-state index in [4.69, 9.17) is 0 Å². The summed E-state index contributed by atoms with van der Waals surface area (Å²) in [7, 11) is 0. The molecule has 3 aromatic rings. The number of likely N-dealkylation sites (tertiary alicyclic amines) is 1. The van der Waals surface area contributed by atoms with Crippen molar-refractivity contribution in [1.29, 1.82) is 0 Å². The van der Waals surface area contributed by atoms with Crippen LogP contribution in [0.15, 0.2) is 60.7 Å². The van der Waals surface area contributed by atoms with Crippen molar-refractivity contribution in [2.75, 3.05) is 13.1 Å². The number of H-pyrrole nitrogens is 1. The molecule has 1 aromatic heterocycles. The summed E-state index contributed by atoms with van der Waals surface area (Å²) in [6.07, 6.45) is 2.92. The van der Waals surface area contributed by atoms with E-state index in [0.717, 1.165) is 44.0 Å². The van der Waals surface area contributed by atoms with Crippen LogP contribution in [0.5, 0.6) is 0 Å². The maximum atomic E-state index is 12.6. The highest BCUT2D eigenvalue weighted by atomic mass is 16.1. The molecule has 1 fully saturated rings. The fourth-order valence-electron chi connectivity index (χ4n) is 4.02. The monoisotopic (exact) mass is 389 g/mol. The number of aryl methyl sites for hydroxylation is 2. The van der Waals surface area contributed by atoms with Crippen molar-refractivity contribution < 1.29 is 4.79 Å². The van der Waals surface area contributed by atoms with Gasteiger partial charge in [-0.15, -0.1) is 0 Å². The van der Waals surface area contributed by atoms with E-state index in [9.17, 15) is 4.79 Å². The van der Waals surface area contributed by atoms with Gasteiger partial charge in [0.2, 0.25) is 0 Å². The summed E-state index contributed by atoms with van der Waals surface area (Å²) in [4.78, 5) is 19.6. The third-order valence-electron chi connectivity index (χ3n) is 5.44. The lowest BCUT2D eigenvalue weighted by Crippen LogP contribution is -2.37.